The summed E-state index contributed by atoms with van der Waals surface area (Å²) in [7, 11) is 0. The SMILES string of the molecule is O=C(NCC(O)c1ccccc1C(F)(F)F)c1cccs1. The van der Waals surface area contributed by atoms with Crippen molar-refractivity contribution in [3.8, 4) is 0 Å². The van der Waals surface area contributed by atoms with E-state index in [0.29, 0.717) is 4.88 Å². The third-order valence-electron chi connectivity index (χ3n) is 2.83. The number of carbonyl (C=O) groups is 1. The predicted octanol–water partition coefficient (Wildman–Crippen LogP) is 3.23. The van der Waals surface area contributed by atoms with Crippen LogP contribution in [0.25, 0.3) is 0 Å². The molecule has 0 aliphatic carbocycles. The predicted molar refractivity (Wildman–Crippen MR) is 73.1 cm³/mol. The minimum absolute atomic E-state index is 0.253. The summed E-state index contributed by atoms with van der Waals surface area (Å²) in [4.78, 5) is 12.1. The number of thiophene rings is 1. The molecule has 0 bridgehead atoms. The van der Waals surface area contributed by atoms with Crippen LogP contribution in [0.2, 0.25) is 0 Å². The van der Waals surface area contributed by atoms with E-state index in [1.165, 1.54) is 29.5 Å². The van der Waals surface area contributed by atoms with Gasteiger partial charge in [0.15, 0.2) is 0 Å². The number of hydrogen-bond donors (Lipinski definition) is 2. The molecular formula is C14H12F3NO2S. The zero-order valence-electron chi connectivity index (χ0n) is 10.7. The van der Waals surface area contributed by atoms with Crippen LogP contribution in [0.15, 0.2) is 41.8 Å². The monoisotopic (exact) mass is 315 g/mol. The molecule has 0 spiro atoms. The Bertz CT molecular complexity index is 611. The van der Waals surface area contributed by atoms with Crippen LogP contribution < -0.4 is 5.32 Å². The molecule has 2 aromatic rings. The first-order chi connectivity index (χ1) is 9.89. The molecule has 1 heterocycles. The van der Waals surface area contributed by atoms with Crippen molar-refractivity contribution in [1.29, 1.82) is 0 Å². The molecule has 1 unspecified atom stereocenters. The molecule has 112 valence electrons. The molecule has 1 aromatic heterocycles. The number of aliphatic hydroxyl groups excluding tert-OH is 1. The van der Waals surface area contributed by atoms with Crippen molar-refractivity contribution in [2.24, 2.45) is 0 Å². The average molecular weight is 315 g/mol. The number of benzene rings is 1. The van der Waals surface area contributed by atoms with E-state index in [0.717, 1.165) is 6.07 Å². The van der Waals surface area contributed by atoms with E-state index in [1.807, 2.05) is 0 Å². The lowest BCUT2D eigenvalue weighted by Gasteiger charge is -2.17. The molecule has 21 heavy (non-hydrogen) atoms. The molecule has 7 heteroatoms. The minimum atomic E-state index is -4.55. The second-order valence-corrected chi connectivity index (χ2v) is 5.24. The molecule has 0 aliphatic heterocycles. The van der Waals surface area contributed by atoms with Crippen molar-refractivity contribution in [2.75, 3.05) is 6.54 Å². The van der Waals surface area contributed by atoms with E-state index in [1.54, 1.807) is 17.5 Å². The summed E-state index contributed by atoms with van der Waals surface area (Å²) in [5.74, 6) is -0.423. The summed E-state index contributed by atoms with van der Waals surface area (Å²) in [6.07, 6.45) is -5.97. The number of amides is 1. The van der Waals surface area contributed by atoms with E-state index in [-0.39, 0.29) is 12.1 Å². The molecule has 1 amide bonds. The van der Waals surface area contributed by atoms with Crippen LogP contribution in [0, 0.1) is 0 Å². The molecule has 0 aliphatic rings. The summed E-state index contributed by atoms with van der Waals surface area (Å²) >= 11 is 1.21. The van der Waals surface area contributed by atoms with Gasteiger partial charge in [0.1, 0.15) is 0 Å². The van der Waals surface area contributed by atoms with Crippen molar-refractivity contribution in [2.45, 2.75) is 12.3 Å². The highest BCUT2D eigenvalue weighted by Crippen LogP contribution is 2.34. The fraction of sp³-hybridized carbons (Fsp3) is 0.214. The van der Waals surface area contributed by atoms with Gasteiger partial charge in [-0.3, -0.25) is 4.79 Å². The number of carbonyl (C=O) groups excluding carboxylic acids is 1. The van der Waals surface area contributed by atoms with E-state index in [9.17, 15) is 23.1 Å². The maximum absolute atomic E-state index is 12.8. The molecule has 3 nitrogen and oxygen atoms in total. The van der Waals surface area contributed by atoms with Gasteiger partial charge in [0.05, 0.1) is 16.5 Å². The molecule has 0 radical (unpaired) electrons. The van der Waals surface area contributed by atoms with E-state index in [4.69, 9.17) is 0 Å². The van der Waals surface area contributed by atoms with Gasteiger partial charge >= 0.3 is 6.18 Å². The maximum Gasteiger partial charge on any atom is 0.416 e. The van der Waals surface area contributed by atoms with Gasteiger partial charge in [-0.2, -0.15) is 13.2 Å². The third-order valence-corrected chi connectivity index (χ3v) is 3.69. The number of halogens is 3. The Hall–Kier alpha value is -1.86. The normalized spacial score (nSPS) is 13.0. The van der Waals surface area contributed by atoms with Gasteiger partial charge in [0.2, 0.25) is 0 Å². The van der Waals surface area contributed by atoms with Crippen LogP contribution >= 0.6 is 11.3 Å². The lowest BCUT2D eigenvalue weighted by molar-refractivity contribution is -0.139. The summed E-state index contributed by atoms with van der Waals surface area (Å²) in [5, 5.41) is 14.0. The Labute approximate surface area is 123 Å². The lowest BCUT2D eigenvalue weighted by atomic mass is 10.0. The Morgan fingerprint density at radius 3 is 2.57 bits per heavy atom. The van der Waals surface area contributed by atoms with Gasteiger partial charge in [-0.25, -0.2) is 0 Å². The molecule has 2 N–H and O–H groups in total. The Morgan fingerprint density at radius 1 is 1.24 bits per heavy atom. The van der Waals surface area contributed by atoms with E-state index in [2.05, 4.69) is 5.32 Å². The van der Waals surface area contributed by atoms with Crippen molar-refractivity contribution in [1.82, 2.24) is 5.32 Å². The number of alkyl halides is 3. The van der Waals surface area contributed by atoms with Gasteiger partial charge in [0.25, 0.3) is 5.91 Å². The largest absolute Gasteiger partial charge is 0.416 e. The zero-order chi connectivity index (χ0) is 15.5. The molecular weight excluding hydrogens is 303 g/mol. The fourth-order valence-corrected chi connectivity index (χ4v) is 2.48. The third kappa shape index (κ3) is 3.83. The quantitative estimate of drug-likeness (QED) is 0.910. The van der Waals surface area contributed by atoms with Crippen LogP contribution in [-0.4, -0.2) is 17.6 Å². The Balaban J connectivity index is 2.07. The van der Waals surface area contributed by atoms with Gasteiger partial charge in [-0.05, 0) is 23.1 Å². The lowest BCUT2D eigenvalue weighted by Crippen LogP contribution is -2.28. The standard InChI is InChI=1S/C14H12F3NO2S/c15-14(16,17)10-5-2-1-4-9(10)11(19)8-18-13(20)12-6-3-7-21-12/h1-7,11,19H,8H2,(H,18,20). The highest BCUT2D eigenvalue weighted by Gasteiger charge is 2.34. The van der Waals surface area contributed by atoms with Crippen molar-refractivity contribution >= 4 is 17.2 Å². The van der Waals surface area contributed by atoms with Crippen LogP contribution in [0.3, 0.4) is 0 Å². The number of aliphatic hydroxyl groups is 1. The second-order valence-electron chi connectivity index (χ2n) is 4.29. The first-order valence-corrected chi connectivity index (χ1v) is 6.93. The number of hydrogen-bond acceptors (Lipinski definition) is 3. The molecule has 2 rings (SSSR count). The van der Waals surface area contributed by atoms with E-state index >= 15 is 0 Å². The van der Waals surface area contributed by atoms with Gasteiger partial charge in [0, 0.05) is 6.54 Å². The summed E-state index contributed by atoms with van der Waals surface area (Å²) in [5.41, 5.74) is -1.15. The molecule has 0 fully saturated rings. The summed E-state index contributed by atoms with van der Waals surface area (Å²) < 4.78 is 38.5. The first kappa shape index (κ1) is 15.5. The summed E-state index contributed by atoms with van der Waals surface area (Å²) in [6.45, 7) is -0.288. The summed E-state index contributed by atoms with van der Waals surface area (Å²) in [6, 6.07) is 8.05. The second kappa shape index (κ2) is 6.28. The maximum atomic E-state index is 12.8. The molecule has 0 saturated heterocycles. The molecule has 1 atom stereocenters. The van der Waals surface area contributed by atoms with Gasteiger partial charge < -0.3 is 10.4 Å². The van der Waals surface area contributed by atoms with Crippen molar-refractivity contribution < 1.29 is 23.1 Å². The van der Waals surface area contributed by atoms with Crippen molar-refractivity contribution in [3.63, 3.8) is 0 Å². The van der Waals surface area contributed by atoms with Crippen LogP contribution in [0.4, 0.5) is 13.2 Å². The number of nitrogens with one attached hydrogen (secondary N) is 1. The Morgan fingerprint density at radius 2 is 1.95 bits per heavy atom. The topological polar surface area (TPSA) is 49.3 Å². The van der Waals surface area contributed by atoms with Gasteiger partial charge in [-0.1, -0.05) is 24.3 Å². The zero-order valence-corrected chi connectivity index (χ0v) is 11.5. The van der Waals surface area contributed by atoms with Crippen LogP contribution in [0.1, 0.15) is 26.9 Å². The average Bonchev–Trinajstić information content (AvgIpc) is 2.97. The molecule has 1 aromatic carbocycles. The van der Waals surface area contributed by atoms with Crippen molar-refractivity contribution in [3.05, 3.63) is 57.8 Å². The smallest absolute Gasteiger partial charge is 0.387 e. The Kier molecular flexibility index (Phi) is 4.64. The number of rotatable bonds is 4. The van der Waals surface area contributed by atoms with Gasteiger partial charge in [-0.15, -0.1) is 11.3 Å². The minimum Gasteiger partial charge on any atom is -0.387 e. The highest BCUT2D eigenvalue weighted by atomic mass is 32.1. The molecule has 0 saturated carbocycles. The first-order valence-electron chi connectivity index (χ1n) is 6.05. The fourth-order valence-electron chi connectivity index (χ4n) is 1.84. The van der Waals surface area contributed by atoms with E-state index < -0.39 is 23.8 Å². The van der Waals surface area contributed by atoms with Crippen LogP contribution in [0.5, 0.6) is 0 Å². The highest BCUT2D eigenvalue weighted by molar-refractivity contribution is 7.12. The van der Waals surface area contributed by atoms with Crippen LogP contribution in [-0.2, 0) is 6.18 Å².